The normalized spacial score (nSPS) is 11.3. The number of amides is 1. The van der Waals surface area contributed by atoms with Crippen LogP contribution in [0, 0.1) is 5.92 Å². The Kier molecular flexibility index (Phi) is 4.58. The fraction of sp³-hybridized carbons (Fsp3) is 0.357. The largest absolute Gasteiger partial charge is 0.296 e. The van der Waals surface area contributed by atoms with Crippen molar-refractivity contribution in [1.82, 2.24) is 25.0 Å². The van der Waals surface area contributed by atoms with Gasteiger partial charge < -0.3 is 0 Å². The predicted octanol–water partition coefficient (Wildman–Crippen LogP) is 2.82. The Bertz CT molecular complexity index is 841. The van der Waals surface area contributed by atoms with Gasteiger partial charge in [-0.15, -0.1) is 10.2 Å². The highest BCUT2D eigenvalue weighted by atomic mass is 32.2. The van der Waals surface area contributed by atoms with E-state index in [-0.39, 0.29) is 5.91 Å². The summed E-state index contributed by atoms with van der Waals surface area (Å²) in [7, 11) is 1.81. The second kappa shape index (κ2) is 6.63. The van der Waals surface area contributed by atoms with Crippen LogP contribution >= 0.6 is 23.1 Å². The molecule has 120 valence electrons. The maximum Gasteiger partial charge on any atom is 0.259 e. The topological polar surface area (TPSA) is 85.6 Å². The van der Waals surface area contributed by atoms with Crippen LogP contribution in [-0.4, -0.2) is 36.6 Å². The fourth-order valence-electron chi connectivity index (χ4n) is 1.88. The smallest absolute Gasteiger partial charge is 0.259 e. The molecule has 0 saturated carbocycles. The standard InChI is InChI=1S/C14H16N6OS2/c1-8(2)7-22-14-19-18-13(23-14)17-12(21)9-4-11-10(15-5-9)6-16-20(11)3/h4-6,8H,7H2,1-3H3,(H,17,18,21). The highest BCUT2D eigenvalue weighted by Crippen LogP contribution is 2.27. The van der Waals surface area contributed by atoms with Crippen LogP contribution in [-0.2, 0) is 7.05 Å². The molecule has 0 bridgehead atoms. The van der Waals surface area contributed by atoms with Gasteiger partial charge in [-0.1, -0.05) is 36.9 Å². The van der Waals surface area contributed by atoms with Gasteiger partial charge in [0.1, 0.15) is 5.52 Å². The number of anilines is 1. The van der Waals surface area contributed by atoms with Crippen LogP contribution in [0.1, 0.15) is 24.2 Å². The van der Waals surface area contributed by atoms with E-state index in [1.165, 1.54) is 17.5 Å². The van der Waals surface area contributed by atoms with Crippen LogP contribution in [0.15, 0.2) is 22.8 Å². The van der Waals surface area contributed by atoms with Crippen molar-refractivity contribution in [2.24, 2.45) is 13.0 Å². The summed E-state index contributed by atoms with van der Waals surface area (Å²) in [6.45, 7) is 4.30. The zero-order chi connectivity index (χ0) is 16.4. The summed E-state index contributed by atoms with van der Waals surface area (Å²) in [5, 5.41) is 15.5. The van der Waals surface area contributed by atoms with Crippen LogP contribution in [0.3, 0.4) is 0 Å². The van der Waals surface area contributed by atoms with Crippen molar-refractivity contribution in [1.29, 1.82) is 0 Å². The number of aromatic nitrogens is 5. The molecule has 0 atom stereocenters. The summed E-state index contributed by atoms with van der Waals surface area (Å²) in [4.78, 5) is 16.6. The zero-order valence-corrected chi connectivity index (χ0v) is 14.6. The third-order valence-corrected chi connectivity index (χ3v) is 5.43. The first-order valence-corrected chi connectivity index (χ1v) is 8.88. The molecule has 0 radical (unpaired) electrons. The summed E-state index contributed by atoms with van der Waals surface area (Å²) in [6.07, 6.45) is 3.20. The van der Waals surface area contributed by atoms with Gasteiger partial charge in [-0.25, -0.2) is 0 Å². The Morgan fingerprint density at radius 2 is 2.22 bits per heavy atom. The van der Waals surface area contributed by atoms with Gasteiger partial charge in [0.25, 0.3) is 5.91 Å². The van der Waals surface area contributed by atoms with Crippen molar-refractivity contribution in [2.75, 3.05) is 11.1 Å². The van der Waals surface area contributed by atoms with E-state index in [1.54, 1.807) is 28.7 Å². The van der Waals surface area contributed by atoms with Gasteiger partial charge >= 0.3 is 0 Å². The van der Waals surface area contributed by atoms with E-state index in [0.29, 0.717) is 16.6 Å². The van der Waals surface area contributed by atoms with Gasteiger partial charge in [-0.3, -0.25) is 19.8 Å². The van der Waals surface area contributed by atoms with E-state index in [2.05, 4.69) is 39.4 Å². The summed E-state index contributed by atoms with van der Waals surface area (Å²) < 4.78 is 2.54. The molecule has 0 aromatic carbocycles. The molecule has 3 aromatic heterocycles. The third kappa shape index (κ3) is 3.67. The lowest BCUT2D eigenvalue weighted by Gasteiger charge is -2.01. The Balaban J connectivity index is 1.71. The molecule has 0 aliphatic carbocycles. The number of fused-ring (bicyclic) bond motifs is 1. The molecular weight excluding hydrogens is 332 g/mol. The zero-order valence-electron chi connectivity index (χ0n) is 13.0. The maximum absolute atomic E-state index is 12.3. The molecule has 7 nitrogen and oxygen atoms in total. The molecule has 0 saturated heterocycles. The van der Waals surface area contributed by atoms with Crippen molar-refractivity contribution in [3.05, 3.63) is 24.0 Å². The van der Waals surface area contributed by atoms with E-state index < -0.39 is 0 Å². The fourth-order valence-corrected chi connectivity index (χ4v) is 3.60. The number of aryl methyl sites for hydroxylation is 1. The van der Waals surface area contributed by atoms with E-state index >= 15 is 0 Å². The second-order valence-corrected chi connectivity index (χ2v) is 7.67. The third-order valence-electron chi connectivity index (χ3n) is 3.03. The van der Waals surface area contributed by atoms with Gasteiger partial charge in [-0.05, 0) is 12.0 Å². The molecule has 0 aliphatic rings. The molecule has 0 unspecified atom stereocenters. The molecule has 9 heteroatoms. The Morgan fingerprint density at radius 3 is 3.00 bits per heavy atom. The summed E-state index contributed by atoms with van der Waals surface area (Å²) in [5.41, 5.74) is 2.03. The van der Waals surface area contributed by atoms with Crippen LogP contribution in [0.2, 0.25) is 0 Å². The Morgan fingerprint density at radius 1 is 1.39 bits per heavy atom. The number of hydrogen-bond donors (Lipinski definition) is 1. The number of thioether (sulfide) groups is 1. The molecule has 3 heterocycles. The summed E-state index contributed by atoms with van der Waals surface area (Å²) in [5.74, 6) is 1.31. The molecule has 1 amide bonds. The number of carbonyl (C=O) groups excluding carboxylic acids is 1. The van der Waals surface area contributed by atoms with Crippen molar-refractivity contribution in [3.8, 4) is 0 Å². The van der Waals surface area contributed by atoms with E-state index in [9.17, 15) is 4.79 Å². The molecule has 1 N–H and O–H groups in total. The minimum atomic E-state index is -0.253. The second-order valence-electron chi connectivity index (χ2n) is 5.43. The van der Waals surface area contributed by atoms with Gasteiger partial charge in [0.2, 0.25) is 5.13 Å². The molecule has 0 aliphatic heterocycles. The van der Waals surface area contributed by atoms with Crippen molar-refractivity contribution < 1.29 is 4.79 Å². The van der Waals surface area contributed by atoms with Crippen LogP contribution in [0.4, 0.5) is 5.13 Å². The van der Waals surface area contributed by atoms with E-state index in [1.807, 2.05) is 7.05 Å². The van der Waals surface area contributed by atoms with E-state index in [0.717, 1.165) is 21.1 Å². The first kappa shape index (κ1) is 15.9. The van der Waals surface area contributed by atoms with Crippen LogP contribution in [0.5, 0.6) is 0 Å². The van der Waals surface area contributed by atoms with Crippen molar-refractivity contribution in [2.45, 2.75) is 18.2 Å². The van der Waals surface area contributed by atoms with E-state index in [4.69, 9.17) is 0 Å². The lowest BCUT2D eigenvalue weighted by atomic mass is 10.2. The number of carbonyl (C=O) groups is 1. The summed E-state index contributed by atoms with van der Waals surface area (Å²) >= 11 is 3.02. The first-order valence-electron chi connectivity index (χ1n) is 7.08. The minimum Gasteiger partial charge on any atom is -0.296 e. The molecular formula is C14H16N6OS2. The monoisotopic (exact) mass is 348 g/mol. The number of pyridine rings is 1. The molecule has 3 rings (SSSR count). The summed E-state index contributed by atoms with van der Waals surface area (Å²) in [6, 6.07) is 1.76. The average molecular weight is 348 g/mol. The molecule has 0 fully saturated rings. The van der Waals surface area contributed by atoms with Crippen LogP contribution in [0.25, 0.3) is 11.0 Å². The number of rotatable bonds is 5. The first-order chi connectivity index (χ1) is 11.0. The van der Waals surface area contributed by atoms with Crippen molar-refractivity contribution in [3.63, 3.8) is 0 Å². The van der Waals surface area contributed by atoms with Gasteiger partial charge in [0.05, 0.1) is 17.3 Å². The molecule has 3 aromatic rings. The average Bonchev–Trinajstić information content (AvgIpc) is 3.12. The maximum atomic E-state index is 12.3. The Labute approximate surface area is 141 Å². The number of nitrogens with zero attached hydrogens (tertiary/aromatic N) is 5. The van der Waals surface area contributed by atoms with Gasteiger partial charge in [0.15, 0.2) is 4.34 Å². The quantitative estimate of drug-likeness (QED) is 0.564. The lowest BCUT2D eigenvalue weighted by molar-refractivity contribution is 0.102. The van der Waals surface area contributed by atoms with Gasteiger partial charge in [-0.2, -0.15) is 5.10 Å². The number of hydrogen-bond acceptors (Lipinski definition) is 7. The lowest BCUT2D eigenvalue weighted by Crippen LogP contribution is -2.12. The Hall–Kier alpha value is -2.00. The predicted molar refractivity (Wildman–Crippen MR) is 91.9 cm³/mol. The number of nitrogens with one attached hydrogen (secondary N) is 1. The van der Waals surface area contributed by atoms with Gasteiger partial charge in [0, 0.05) is 19.0 Å². The molecule has 0 spiro atoms. The molecule has 23 heavy (non-hydrogen) atoms. The van der Waals surface area contributed by atoms with Crippen LogP contribution < -0.4 is 5.32 Å². The highest BCUT2D eigenvalue weighted by molar-refractivity contribution is 8.01. The minimum absolute atomic E-state index is 0.253. The SMILES string of the molecule is CC(C)CSc1nnc(NC(=O)c2cnc3cnn(C)c3c2)s1. The highest BCUT2D eigenvalue weighted by Gasteiger charge is 2.13. The van der Waals surface area contributed by atoms with Crippen molar-refractivity contribution >= 4 is 45.2 Å².